The Morgan fingerprint density at radius 3 is 2.22 bits per heavy atom. The van der Waals surface area contributed by atoms with Crippen LogP contribution in [0.1, 0.15) is 23.6 Å². The van der Waals surface area contributed by atoms with E-state index in [1.807, 2.05) is 18.3 Å². The fourth-order valence-corrected chi connectivity index (χ4v) is 5.32. The largest absolute Gasteiger partial charge is 0.148 e. The maximum Gasteiger partial charge on any atom is 0.0361 e. The molecule has 132 valence electrons. The summed E-state index contributed by atoms with van der Waals surface area (Å²) in [5, 5.41) is 7.92. The van der Waals surface area contributed by atoms with E-state index in [-0.39, 0.29) is 0 Å². The summed E-state index contributed by atoms with van der Waals surface area (Å²) in [5.41, 5.74) is 3.85. The summed E-state index contributed by atoms with van der Waals surface area (Å²) in [5.74, 6) is 0. The molecule has 0 N–H and O–H groups in total. The molecule has 0 atom stereocenters. The van der Waals surface area contributed by atoms with Gasteiger partial charge in [-0.3, -0.25) is 0 Å². The molecule has 5 aromatic rings. The summed E-state index contributed by atoms with van der Waals surface area (Å²) >= 11 is 6.33. The maximum absolute atomic E-state index is 4.44. The third kappa shape index (κ3) is 2.84. The Labute approximate surface area is 168 Å². The van der Waals surface area contributed by atoms with Crippen molar-refractivity contribution in [3.8, 4) is 0 Å². The van der Waals surface area contributed by atoms with Crippen molar-refractivity contribution in [1.29, 1.82) is 0 Å². The van der Waals surface area contributed by atoms with Gasteiger partial charge in [-0.2, -0.15) is 0 Å². The van der Waals surface area contributed by atoms with E-state index in [4.69, 9.17) is 0 Å². The zero-order valence-electron chi connectivity index (χ0n) is 15.6. The quantitative estimate of drug-likeness (QED) is 0.218. The third-order valence-electron chi connectivity index (χ3n) is 5.29. The molecule has 0 radical (unpaired) electrons. The van der Waals surface area contributed by atoms with Crippen molar-refractivity contribution in [2.24, 2.45) is 0 Å². The van der Waals surface area contributed by atoms with Gasteiger partial charge in [0, 0.05) is 20.2 Å². The van der Waals surface area contributed by atoms with Crippen LogP contribution in [0.4, 0.5) is 0 Å². The maximum atomic E-state index is 4.44. The second-order valence-corrected chi connectivity index (χ2v) is 9.28. The summed E-state index contributed by atoms with van der Waals surface area (Å²) in [4.78, 5) is 1.03. The fraction of sp³-hybridized carbons (Fsp3) is 0.120. The van der Waals surface area contributed by atoms with Gasteiger partial charge in [-0.05, 0) is 106 Å². The number of fused-ring (bicyclic) bond motifs is 5. The Hall–Kier alpha value is -2.29. The first-order chi connectivity index (χ1) is 13.0. The predicted octanol–water partition coefficient (Wildman–Crippen LogP) is 8.27. The highest BCUT2D eigenvalue weighted by atomic mass is 32.1. The molecule has 0 aliphatic heterocycles. The minimum atomic E-state index is 1.03. The van der Waals surface area contributed by atoms with E-state index < -0.39 is 0 Å². The topological polar surface area (TPSA) is 0 Å². The van der Waals surface area contributed by atoms with Gasteiger partial charge in [0.2, 0.25) is 0 Å². The zero-order chi connectivity index (χ0) is 18.7. The number of allylic oxidation sites excluding steroid dienone is 1. The first kappa shape index (κ1) is 16.9. The molecule has 0 fully saturated rings. The summed E-state index contributed by atoms with van der Waals surface area (Å²) in [7, 11) is 0. The molecular weight excluding hydrogens is 364 g/mol. The van der Waals surface area contributed by atoms with E-state index in [1.165, 1.54) is 58.4 Å². The summed E-state index contributed by atoms with van der Waals surface area (Å²) < 4.78 is 2.73. The minimum absolute atomic E-state index is 1.03. The number of thiophene rings is 1. The van der Waals surface area contributed by atoms with E-state index in [0.717, 1.165) is 4.91 Å². The number of rotatable bonds is 1. The predicted molar refractivity (Wildman–Crippen MR) is 126 cm³/mol. The van der Waals surface area contributed by atoms with Crippen molar-refractivity contribution in [1.82, 2.24) is 0 Å². The molecule has 0 unspecified atom stereocenters. The van der Waals surface area contributed by atoms with Crippen molar-refractivity contribution < 1.29 is 0 Å². The van der Waals surface area contributed by atoms with Gasteiger partial charge < -0.3 is 0 Å². The van der Waals surface area contributed by atoms with Crippen LogP contribution in [0.15, 0.2) is 59.5 Å². The van der Waals surface area contributed by atoms with Gasteiger partial charge in [-0.1, -0.05) is 18.2 Å². The Morgan fingerprint density at radius 1 is 0.778 bits per heavy atom. The van der Waals surface area contributed by atoms with Crippen LogP contribution in [0.2, 0.25) is 0 Å². The smallest absolute Gasteiger partial charge is 0.0361 e. The van der Waals surface area contributed by atoms with Gasteiger partial charge in [0.15, 0.2) is 0 Å². The van der Waals surface area contributed by atoms with E-state index in [1.54, 1.807) is 0 Å². The van der Waals surface area contributed by atoms with Crippen LogP contribution in [0.25, 0.3) is 47.8 Å². The molecule has 0 aliphatic carbocycles. The summed E-state index contributed by atoms with van der Waals surface area (Å²) in [6.45, 7) is 6.35. The molecule has 2 heteroatoms. The lowest BCUT2D eigenvalue weighted by Gasteiger charge is -2.08. The molecule has 27 heavy (non-hydrogen) atoms. The van der Waals surface area contributed by atoms with Gasteiger partial charge in [0.1, 0.15) is 0 Å². The van der Waals surface area contributed by atoms with Crippen molar-refractivity contribution in [2.75, 3.05) is 0 Å². The molecule has 0 saturated carbocycles. The van der Waals surface area contributed by atoms with Gasteiger partial charge in [-0.25, -0.2) is 0 Å². The van der Waals surface area contributed by atoms with Crippen LogP contribution < -0.4 is 0 Å². The van der Waals surface area contributed by atoms with Gasteiger partial charge in [0.05, 0.1) is 0 Å². The Balaban J connectivity index is 1.83. The second-order valence-electron chi connectivity index (χ2n) is 7.49. The highest BCUT2D eigenvalue weighted by Gasteiger charge is 2.08. The van der Waals surface area contributed by atoms with Crippen molar-refractivity contribution in [2.45, 2.75) is 20.8 Å². The average Bonchev–Trinajstić information content (AvgIpc) is 2.94. The minimum Gasteiger partial charge on any atom is -0.148 e. The van der Waals surface area contributed by atoms with Crippen LogP contribution in [-0.2, 0) is 0 Å². The van der Waals surface area contributed by atoms with E-state index >= 15 is 0 Å². The highest BCUT2D eigenvalue weighted by molar-refractivity contribution is 7.84. The first-order valence-electron chi connectivity index (χ1n) is 9.16. The van der Waals surface area contributed by atoms with Crippen LogP contribution in [0, 0.1) is 13.8 Å². The zero-order valence-corrected chi connectivity index (χ0v) is 17.3. The summed E-state index contributed by atoms with van der Waals surface area (Å²) in [6.07, 6.45) is 2.14. The SMILES string of the molecule is CC(S)=Cc1cc2cc3cc4sc5cc(C)ccc5c4cc3cc2cc1C. The van der Waals surface area contributed by atoms with E-state index in [2.05, 4.69) is 87.1 Å². The van der Waals surface area contributed by atoms with Crippen LogP contribution in [0.5, 0.6) is 0 Å². The Kier molecular flexibility index (Phi) is 3.82. The van der Waals surface area contributed by atoms with Gasteiger partial charge >= 0.3 is 0 Å². The molecule has 0 bridgehead atoms. The van der Waals surface area contributed by atoms with Crippen molar-refractivity contribution >= 4 is 71.8 Å². The molecule has 0 saturated heterocycles. The summed E-state index contributed by atoms with van der Waals surface area (Å²) in [6, 6.07) is 20.7. The molecule has 0 nitrogen and oxygen atoms in total. The molecule has 0 amide bonds. The Bertz CT molecular complexity index is 1400. The van der Waals surface area contributed by atoms with E-state index in [9.17, 15) is 0 Å². The highest BCUT2D eigenvalue weighted by Crippen LogP contribution is 2.38. The normalized spacial score (nSPS) is 12.7. The molecule has 0 aliphatic rings. The van der Waals surface area contributed by atoms with Crippen LogP contribution >= 0.6 is 24.0 Å². The molecule has 0 spiro atoms. The van der Waals surface area contributed by atoms with Crippen LogP contribution in [-0.4, -0.2) is 0 Å². The number of hydrogen-bond acceptors (Lipinski definition) is 2. The number of thiol groups is 1. The van der Waals surface area contributed by atoms with Gasteiger partial charge in [-0.15, -0.1) is 24.0 Å². The lowest BCUT2D eigenvalue weighted by Crippen LogP contribution is -1.84. The van der Waals surface area contributed by atoms with Crippen molar-refractivity contribution in [3.05, 3.63) is 76.2 Å². The van der Waals surface area contributed by atoms with Crippen molar-refractivity contribution in [3.63, 3.8) is 0 Å². The standard InChI is InChI=1S/C25H20S2/c1-14-4-5-22-23-12-20-10-18-7-15(2)17(8-16(3)26)9-19(18)11-21(20)13-25(23)27-24(22)6-14/h4-13,26H,1-3H3. The lowest BCUT2D eigenvalue weighted by atomic mass is 9.97. The average molecular weight is 385 g/mol. The Morgan fingerprint density at radius 2 is 1.44 bits per heavy atom. The molecule has 4 aromatic carbocycles. The number of hydrogen-bond donors (Lipinski definition) is 1. The second kappa shape index (κ2) is 6.12. The van der Waals surface area contributed by atoms with E-state index in [0.29, 0.717) is 0 Å². The first-order valence-corrected chi connectivity index (χ1v) is 10.4. The molecular formula is C25H20S2. The molecule has 1 heterocycles. The molecule has 5 rings (SSSR count). The molecule has 1 aromatic heterocycles. The van der Waals surface area contributed by atoms with Crippen LogP contribution in [0.3, 0.4) is 0 Å². The monoisotopic (exact) mass is 384 g/mol. The fourth-order valence-electron chi connectivity index (χ4n) is 3.94. The lowest BCUT2D eigenvalue weighted by molar-refractivity contribution is 1.47. The number of benzene rings is 4. The van der Waals surface area contributed by atoms with Gasteiger partial charge in [0.25, 0.3) is 0 Å². The third-order valence-corrected chi connectivity index (χ3v) is 6.53. The number of aryl methyl sites for hydroxylation is 2.